The van der Waals surface area contributed by atoms with Crippen LogP contribution in [0.25, 0.3) is 0 Å². The standard InChI is InChI=1S/C16H24N2O3/c1-11(2)14(16(21)17-9-6-10-19)18-15(20)13-8-5-4-7-12(13)3/h4-5,7-8,11,14,19H,6,9-10H2,1-3H3,(H,17,21)(H,18,20). The Morgan fingerprint density at radius 3 is 2.48 bits per heavy atom. The molecule has 1 rings (SSSR count). The van der Waals surface area contributed by atoms with Crippen molar-refractivity contribution in [1.82, 2.24) is 10.6 Å². The van der Waals surface area contributed by atoms with Crippen molar-refractivity contribution in [1.29, 1.82) is 0 Å². The highest BCUT2D eigenvalue weighted by molar-refractivity contribution is 5.98. The summed E-state index contributed by atoms with van der Waals surface area (Å²) in [6, 6.07) is 6.68. The maximum absolute atomic E-state index is 12.3. The first-order chi connectivity index (χ1) is 9.97. The zero-order chi connectivity index (χ0) is 15.8. The summed E-state index contributed by atoms with van der Waals surface area (Å²) >= 11 is 0. The van der Waals surface area contributed by atoms with Gasteiger partial charge in [-0.1, -0.05) is 32.0 Å². The Bertz CT molecular complexity index is 486. The topological polar surface area (TPSA) is 78.4 Å². The molecule has 1 aromatic carbocycles. The number of aryl methyl sites for hydroxylation is 1. The average molecular weight is 292 g/mol. The molecule has 0 saturated heterocycles. The number of carbonyl (C=O) groups is 2. The number of hydrogen-bond donors (Lipinski definition) is 3. The molecule has 5 heteroatoms. The first-order valence-corrected chi connectivity index (χ1v) is 7.22. The molecule has 116 valence electrons. The first-order valence-electron chi connectivity index (χ1n) is 7.22. The van der Waals surface area contributed by atoms with Gasteiger partial charge in [-0.15, -0.1) is 0 Å². The third-order valence-corrected chi connectivity index (χ3v) is 3.26. The summed E-state index contributed by atoms with van der Waals surface area (Å²) in [6.45, 7) is 6.06. The molecule has 0 saturated carbocycles. The fraction of sp³-hybridized carbons (Fsp3) is 0.500. The van der Waals surface area contributed by atoms with E-state index in [0.717, 1.165) is 5.56 Å². The molecule has 5 nitrogen and oxygen atoms in total. The Morgan fingerprint density at radius 1 is 1.24 bits per heavy atom. The van der Waals surface area contributed by atoms with Gasteiger partial charge in [0.2, 0.25) is 5.91 Å². The molecular weight excluding hydrogens is 268 g/mol. The second-order valence-electron chi connectivity index (χ2n) is 5.38. The van der Waals surface area contributed by atoms with Gasteiger partial charge in [-0.3, -0.25) is 9.59 Å². The summed E-state index contributed by atoms with van der Waals surface area (Å²) in [5.41, 5.74) is 1.45. The van der Waals surface area contributed by atoms with Gasteiger partial charge in [0, 0.05) is 18.7 Å². The predicted octanol–water partition coefficient (Wildman–Crippen LogP) is 1.25. The van der Waals surface area contributed by atoms with Crippen molar-refractivity contribution in [3.05, 3.63) is 35.4 Å². The van der Waals surface area contributed by atoms with Gasteiger partial charge in [-0.25, -0.2) is 0 Å². The van der Waals surface area contributed by atoms with Crippen LogP contribution >= 0.6 is 0 Å². The van der Waals surface area contributed by atoms with Crippen molar-refractivity contribution in [2.45, 2.75) is 33.2 Å². The molecule has 0 bridgehead atoms. The summed E-state index contributed by atoms with van der Waals surface area (Å²) in [5.74, 6) is -0.489. The Morgan fingerprint density at radius 2 is 1.90 bits per heavy atom. The number of carbonyl (C=O) groups excluding carboxylic acids is 2. The first kappa shape index (κ1) is 17.2. The SMILES string of the molecule is Cc1ccccc1C(=O)NC(C(=O)NCCCO)C(C)C. The number of aliphatic hydroxyl groups excluding tert-OH is 1. The fourth-order valence-electron chi connectivity index (χ4n) is 1.98. The van der Waals surface area contributed by atoms with Gasteiger partial charge < -0.3 is 15.7 Å². The van der Waals surface area contributed by atoms with Gasteiger partial charge in [-0.2, -0.15) is 0 Å². The summed E-state index contributed by atoms with van der Waals surface area (Å²) in [6.07, 6.45) is 0.502. The number of nitrogens with one attached hydrogen (secondary N) is 2. The number of hydrogen-bond acceptors (Lipinski definition) is 3. The second kappa shape index (κ2) is 8.42. The minimum absolute atomic E-state index is 0.0212. The molecule has 0 aliphatic rings. The molecule has 21 heavy (non-hydrogen) atoms. The highest BCUT2D eigenvalue weighted by Crippen LogP contribution is 2.09. The maximum Gasteiger partial charge on any atom is 0.252 e. The largest absolute Gasteiger partial charge is 0.396 e. The van der Waals surface area contributed by atoms with Crippen molar-refractivity contribution in [2.75, 3.05) is 13.2 Å². The van der Waals surface area contributed by atoms with E-state index in [1.807, 2.05) is 32.9 Å². The van der Waals surface area contributed by atoms with Crippen molar-refractivity contribution in [2.24, 2.45) is 5.92 Å². The second-order valence-corrected chi connectivity index (χ2v) is 5.38. The number of amides is 2. The highest BCUT2D eigenvalue weighted by atomic mass is 16.3. The van der Waals surface area contributed by atoms with Crippen molar-refractivity contribution >= 4 is 11.8 Å². The van der Waals surface area contributed by atoms with Gasteiger partial charge in [0.05, 0.1) is 0 Å². The average Bonchev–Trinajstić information content (AvgIpc) is 2.44. The van der Waals surface area contributed by atoms with Crippen LogP contribution in [-0.2, 0) is 4.79 Å². The van der Waals surface area contributed by atoms with Crippen LogP contribution in [0.2, 0.25) is 0 Å². The summed E-state index contributed by atoms with van der Waals surface area (Å²) in [4.78, 5) is 24.4. The van der Waals surface area contributed by atoms with E-state index in [0.29, 0.717) is 18.5 Å². The summed E-state index contributed by atoms with van der Waals surface area (Å²) < 4.78 is 0. The van der Waals surface area contributed by atoms with Crippen LogP contribution in [-0.4, -0.2) is 36.1 Å². The van der Waals surface area contributed by atoms with Crippen LogP contribution in [0.1, 0.15) is 36.2 Å². The van der Waals surface area contributed by atoms with E-state index in [-0.39, 0.29) is 24.3 Å². The van der Waals surface area contributed by atoms with Crippen LogP contribution in [0.5, 0.6) is 0 Å². The molecular formula is C16H24N2O3. The molecule has 0 spiro atoms. The van der Waals surface area contributed by atoms with E-state index < -0.39 is 6.04 Å². The lowest BCUT2D eigenvalue weighted by Crippen LogP contribution is -2.50. The molecule has 3 N–H and O–H groups in total. The normalized spacial score (nSPS) is 12.0. The van der Waals surface area contributed by atoms with Crippen molar-refractivity contribution in [3.8, 4) is 0 Å². The van der Waals surface area contributed by atoms with Crippen LogP contribution in [0.3, 0.4) is 0 Å². The van der Waals surface area contributed by atoms with Gasteiger partial charge >= 0.3 is 0 Å². The van der Waals surface area contributed by atoms with E-state index in [9.17, 15) is 9.59 Å². The number of benzene rings is 1. The summed E-state index contributed by atoms with van der Waals surface area (Å²) in [7, 11) is 0. The fourth-order valence-corrected chi connectivity index (χ4v) is 1.98. The van der Waals surface area contributed by atoms with E-state index >= 15 is 0 Å². The number of aliphatic hydroxyl groups is 1. The molecule has 0 radical (unpaired) electrons. The lowest BCUT2D eigenvalue weighted by molar-refractivity contribution is -0.123. The van der Waals surface area contributed by atoms with E-state index in [2.05, 4.69) is 10.6 Å². The molecule has 0 heterocycles. The Kier molecular flexibility index (Phi) is 6.88. The zero-order valence-electron chi connectivity index (χ0n) is 12.8. The Balaban J connectivity index is 2.72. The Labute approximate surface area is 125 Å². The van der Waals surface area contributed by atoms with Gasteiger partial charge in [0.1, 0.15) is 6.04 Å². The molecule has 0 aromatic heterocycles. The third kappa shape index (κ3) is 5.19. The van der Waals surface area contributed by atoms with Crippen LogP contribution in [0.15, 0.2) is 24.3 Å². The van der Waals surface area contributed by atoms with Crippen LogP contribution in [0, 0.1) is 12.8 Å². The van der Waals surface area contributed by atoms with E-state index in [1.54, 1.807) is 12.1 Å². The van der Waals surface area contributed by atoms with Gasteiger partial charge in [0.25, 0.3) is 5.91 Å². The maximum atomic E-state index is 12.3. The van der Waals surface area contributed by atoms with E-state index in [1.165, 1.54) is 0 Å². The molecule has 2 amide bonds. The lowest BCUT2D eigenvalue weighted by atomic mass is 10.0. The lowest BCUT2D eigenvalue weighted by Gasteiger charge is -2.22. The van der Waals surface area contributed by atoms with E-state index in [4.69, 9.17) is 5.11 Å². The van der Waals surface area contributed by atoms with Crippen molar-refractivity contribution in [3.63, 3.8) is 0 Å². The molecule has 0 aliphatic heterocycles. The minimum Gasteiger partial charge on any atom is -0.396 e. The van der Waals surface area contributed by atoms with Crippen LogP contribution < -0.4 is 10.6 Å². The molecule has 0 aliphatic carbocycles. The molecule has 1 aromatic rings. The quantitative estimate of drug-likeness (QED) is 0.662. The van der Waals surface area contributed by atoms with Crippen LogP contribution in [0.4, 0.5) is 0 Å². The van der Waals surface area contributed by atoms with Gasteiger partial charge in [0.15, 0.2) is 0 Å². The smallest absolute Gasteiger partial charge is 0.252 e. The minimum atomic E-state index is -0.587. The molecule has 0 fully saturated rings. The predicted molar refractivity (Wildman–Crippen MR) is 82.0 cm³/mol. The molecule has 1 atom stereocenters. The monoisotopic (exact) mass is 292 g/mol. The zero-order valence-corrected chi connectivity index (χ0v) is 12.8. The molecule has 1 unspecified atom stereocenters. The van der Waals surface area contributed by atoms with Gasteiger partial charge in [-0.05, 0) is 30.9 Å². The summed E-state index contributed by atoms with van der Waals surface area (Å²) in [5, 5.41) is 14.2. The van der Waals surface area contributed by atoms with Crippen molar-refractivity contribution < 1.29 is 14.7 Å². The highest BCUT2D eigenvalue weighted by Gasteiger charge is 2.24. The Hall–Kier alpha value is -1.88. The third-order valence-electron chi connectivity index (χ3n) is 3.26. The number of rotatable bonds is 7.